The summed E-state index contributed by atoms with van der Waals surface area (Å²) in [6, 6.07) is -0.00867. The molecule has 0 radical (unpaired) electrons. The molecule has 0 spiro atoms. The van der Waals surface area contributed by atoms with Gasteiger partial charge in [0.25, 0.3) is 0 Å². The van der Waals surface area contributed by atoms with Crippen molar-refractivity contribution in [2.45, 2.75) is 44.8 Å². The summed E-state index contributed by atoms with van der Waals surface area (Å²) in [5.74, 6) is 1.63. The van der Waals surface area contributed by atoms with Crippen molar-refractivity contribution in [3.63, 3.8) is 0 Å². The fourth-order valence-electron chi connectivity index (χ4n) is 3.42. The van der Waals surface area contributed by atoms with Crippen LogP contribution in [0.4, 0.5) is 4.79 Å². The van der Waals surface area contributed by atoms with Crippen LogP contribution in [0.25, 0.3) is 0 Å². The minimum Gasteiger partial charge on any atom is -0.373 e. The van der Waals surface area contributed by atoms with Gasteiger partial charge in [0.2, 0.25) is 0 Å². The Kier molecular flexibility index (Phi) is 4.38. The van der Waals surface area contributed by atoms with Gasteiger partial charge in [0, 0.05) is 52.1 Å². The first-order valence-electron chi connectivity index (χ1n) is 8.19. The minimum absolute atomic E-state index is 0.00867. The first-order valence-corrected chi connectivity index (χ1v) is 8.19. The van der Waals surface area contributed by atoms with E-state index < -0.39 is 0 Å². The van der Waals surface area contributed by atoms with E-state index >= 15 is 0 Å². The molecular formula is C16H26N4O2. The molecule has 1 aromatic heterocycles. The molecule has 6 nitrogen and oxygen atoms in total. The summed E-state index contributed by atoms with van der Waals surface area (Å²) in [6.45, 7) is 5.24. The molecule has 6 heteroatoms. The molecule has 3 rings (SSSR count). The van der Waals surface area contributed by atoms with Gasteiger partial charge in [-0.3, -0.25) is 0 Å². The maximum absolute atomic E-state index is 12.2. The van der Waals surface area contributed by atoms with Crippen LogP contribution in [-0.2, 0) is 17.7 Å². The SMILES string of the molecule is CN(C[C@H]1CCn2ccnc2C1)C(=O)NC[C@]1(C)CCCO1. The van der Waals surface area contributed by atoms with Crippen LogP contribution < -0.4 is 5.32 Å². The number of rotatable bonds is 4. The van der Waals surface area contributed by atoms with Gasteiger partial charge in [-0.05, 0) is 32.1 Å². The van der Waals surface area contributed by atoms with Crippen LogP contribution >= 0.6 is 0 Å². The Hall–Kier alpha value is -1.56. The smallest absolute Gasteiger partial charge is 0.317 e. The number of carbonyl (C=O) groups excluding carboxylic acids is 1. The number of nitrogens with one attached hydrogen (secondary N) is 1. The maximum Gasteiger partial charge on any atom is 0.317 e. The Morgan fingerprint density at radius 1 is 1.64 bits per heavy atom. The molecule has 1 saturated heterocycles. The van der Waals surface area contributed by atoms with Crippen molar-refractivity contribution in [2.24, 2.45) is 5.92 Å². The van der Waals surface area contributed by atoms with Crippen LogP contribution in [0.1, 0.15) is 32.0 Å². The Morgan fingerprint density at radius 3 is 3.27 bits per heavy atom. The molecule has 122 valence electrons. The van der Waals surface area contributed by atoms with Crippen molar-refractivity contribution in [1.82, 2.24) is 19.8 Å². The highest BCUT2D eigenvalue weighted by molar-refractivity contribution is 5.73. The van der Waals surface area contributed by atoms with E-state index in [1.165, 1.54) is 0 Å². The van der Waals surface area contributed by atoms with Crippen LogP contribution in [0.15, 0.2) is 12.4 Å². The summed E-state index contributed by atoms with van der Waals surface area (Å²) in [4.78, 5) is 18.4. The fourth-order valence-corrected chi connectivity index (χ4v) is 3.42. The summed E-state index contributed by atoms with van der Waals surface area (Å²) >= 11 is 0. The lowest BCUT2D eigenvalue weighted by Gasteiger charge is -2.29. The normalized spacial score (nSPS) is 27.5. The molecule has 22 heavy (non-hydrogen) atoms. The molecule has 0 unspecified atom stereocenters. The van der Waals surface area contributed by atoms with Crippen LogP contribution in [0.5, 0.6) is 0 Å². The lowest BCUT2D eigenvalue weighted by Crippen LogP contribution is -2.46. The van der Waals surface area contributed by atoms with Crippen LogP contribution in [0.3, 0.4) is 0 Å². The van der Waals surface area contributed by atoms with Gasteiger partial charge in [-0.2, -0.15) is 0 Å². The van der Waals surface area contributed by atoms with Gasteiger partial charge < -0.3 is 19.5 Å². The molecule has 0 saturated carbocycles. The Bertz CT molecular complexity index is 522. The summed E-state index contributed by atoms with van der Waals surface area (Å²) in [5, 5.41) is 3.01. The topological polar surface area (TPSA) is 59.4 Å². The zero-order valence-electron chi connectivity index (χ0n) is 13.5. The predicted octanol–water partition coefficient (Wildman–Crippen LogP) is 1.66. The second-order valence-corrected chi connectivity index (χ2v) is 6.84. The molecule has 0 aromatic carbocycles. The standard InChI is InChI=1S/C16H26N4O2/c1-16(5-3-9-22-16)12-18-15(21)19(2)11-13-4-7-20-8-6-17-14(20)10-13/h6,8,13H,3-5,7,9-12H2,1-2H3,(H,18,21)/t13-,16-/m0/s1. The number of nitrogens with zero attached hydrogens (tertiary/aromatic N) is 3. The molecule has 2 aliphatic rings. The number of imidazole rings is 1. The summed E-state index contributed by atoms with van der Waals surface area (Å²) < 4.78 is 7.91. The first kappa shape index (κ1) is 15.3. The monoisotopic (exact) mass is 306 g/mol. The molecule has 2 aliphatic heterocycles. The Labute approximate surface area is 131 Å². The quantitative estimate of drug-likeness (QED) is 0.920. The largest absolute Gasteiger partial charge is 0.373 e. The lowest BCUT2D eigenvalue weighted by molar-refractivity contribution is 0.0220. The van der Waals surface area contributed by atoms with Crippen molar-refractivity contribution < 1.29 is 9.53 Å². The number of hydrogen-bond acceptors (Lipinski definition) is 3. The summed E-state index contributed by atoms with van der Waals surface area (Å²) in [5.41, 5.74) is -0.188. The van der Waals surface area contributed by atoms with Gasteiger partial charge in [0.15, 0.2) is 0 Å². The lowest BCUT2D eigenvalue weighted by atomic mass is 9.97. The van der Waals surface area contributed by atoms with Crippen LogP contribution in [-0.4, -0.2) is 52.8 Å². The molecule has 0 bridgehead atoms. The van der Waals surface area contributed by atoms with E-state index in [2.05, 4.69) is 21.8 Å². The van der Waals surface area contributed by atoms with Gasteiger partial charge in [0.05, 0.1) is 5.60 Å². The summed E-state index contributed by atoms with van der Waals surface area (Å²) in [7, 11) is 1.87. The van der Waals surface area contributed by atoms with E-state index in [1.807, 2.05) is 19.4 Å². The van der Waals surface area contributed by atoms with Crippen molar-refractivity contribution in [2.75, 3.05) is 26.7 Å². The average Bonchev–Trinajstić information content (AvgIpc) is 3.13. The van der Waals surface area contributed by atoms with Gasteiger partial charge in [-0.25, -0.2) is 9.78 Å². The average molecular weight is 306 g/mol. The zero-order chi connectivity index (χ0) is 15.6. The number of ether oxygens (including phenoxy) is 1. The van der Waals surface area contributed by atoms with E-state index in [1.54, 1.807) is 4.90 Å². The molecule has 2 amide bonds. The van der Waals surface area contributed by atoms with Gasteiger partial charge in [0.1, 0.15) is 5.82 Å². The predicted molar refractivity (Wildman–Crippen MR) is 83.7 cm³/mol. The summed E-state index contributed by atoms with van der Waals surface area (Å²) in [6.07, 6.45) is 8.03. The van der Waals surface area contributed by atoms with E-state index in [4.69, 9.17) is 4.74 Å². The third-order valence-corrected chi connectivity index (χ3v) is 4.84. The minimum atomic E-state index is -0.188. The Morgan fingerprint density at radius 2 is 2.50 bits per heavy atom. The van der Waals surface area contributed by atoms with Crippen molar-refractivity contribution in [3.8, 4) is 0 Å². The Balaban J connectivity index is 1.45. The third-order valence-electron chi connectivity index (χ3n) is 4.84. The van der Waals surface area contributed by atoms with Gasteiger partial charge in [-0.15, -0.1) is 0 Å². The number of hydrogen-bond donors (Lipinski definition) is 1. The second-order valence-electron chi connectivity index (χ2n) is 6.84. The number of urea groups is 1. The van der Waals surface area contributed by atoms with Crippen LogP contribution in [0, 0.1) is 5.92 Å². The highest BCUT2D eigenvalue weighted by atomic mass is 16.5. The molecule has 1 N–H and O–H groups in total. The first-order chi connectivity index (χ1) is 10.6. The van der Waals surface area contributed by atoms with Crippen molar-refractivity contribution in [3.05, 3.63) is 18.2 Å². The zero-order valence-corrected chi connectivity index (χ0v) is 13.5. The van der Waals surface area contributed by atoms with E-state index in [0.717, 1.165) is 51.2 Å². The number of aryl methyl sites for hydroxylation is 1. The maximum atomic E-state index is 12.2. The highest BCUT2D eigenvalue weighted by Gasteiger charge is 2.30. The van der Waals surface area contributed by atoms with Gasteiger partial charge in [-0.1, -0.05) is 0 Å². The molecule has 3 heterocycles. The molecule has 2 atom stereocenters. The number of carbonyl (C=O) groups is 1. The van der Waals surface area contributed by atoms with Crippen molar-refractivity contribution >= 4 is 6.03 Å². The van der Waals surface area contributed by atoms with Crippen LogP contribution in [0.2, 0.25) is 0 Å². The third kappa shape index (κ3) is 3.43. The number of aromatic nitrogens is 2. The molecule has 1 fully saturated rings. The molecular weight excluding hydrogens is 280 g/mol. The molecule has 1 aromatic rings. The molecule has 0 aliphatic carbocycles. The van der Waals surface area contributed by atoms with E-state index in [0.29, 0.717) is 12.5 Å². The highest BCUT2D eigenvalue weighted by Crippen LogP contribution is 2.24. The van der Waals surface area contributed by atoms with E-state index in [9.17, 15) is 4.79 Å². The number of amides is 2. The van der Waals surface area contributed by atoms with Gasteiger partial charge >= 0.3 is 6.03 Å². The fraction of sp³-hybridized carbons (Fsp3) is 0.750. The van der Waals surface area contributed by atoms with Crippen molar-refractivity contribution in [1.29, 1.82) is 0 Å². The van der Waals surface area contributed by atoms with E-state index in [-0.39, 0.29) is 11.6 Å². The number of fused-ring (bicyclic) bond motifs is 1. The second kappa shape index (κ2) is 6.28.